The fraction of sp³-hybridized carbons (Fsp3) is 0.441. The van der Waals surface area contributed by atoms with E-state index in [0.717, 1.165) is 33.6 Å². The first-order chi connectivity index (χ1) is 19.8. The highest BCUT2D eigenvalue weighted by atomic mass is 16.6. The summed E-state index contributed by atoms with van der Waals surface area (Å²) in [6.07, 6.45) is 2.64. The fourth-order valence-corrected chi connectivity index (χ4v) is 5.30. The van der Waals surface area contributed by atoms with Crippen LogP contribution in [0, 0.1) is 10.8 Å². The molecule has 2 aromatic heterocycles. The number of benzene rings is 2. The van der Waals surface area contributed by atoms with E-state index >= 15 is 0 Å². The maximum Gasteiger partial charge on any atom is 0.317 e. The zero-order chi connectivity index (χ0) is 30.7. The van der Waals surface area contributed by atoms with Crippen LogP contribution >= 0.6 is 0 Å². The third-order valence-electron chi connectivity index (χ3n) is 7.43. The Morgan fingerprint density at radius 2 is 1.19 bits per heavy atom. The lowest BCUT2D eigenvalue weighted by atomic mass is 9.79. The van der Waals surface area contributed by atoms with Crippen LogP contribution in [0.1, 0.15) is 78.9 Å². The Hall–Kier alpha value is -3.75. The number of aliphatic hydroxyl groups is 1. The lowest BCUT2D eigenvalue weighted by molar-refractivity contribution is -0.147. The molecule has 3 unspecified atom stereocenters. The number of aliphatic hydroxyl groups excluding tert-OH is 1. The molecule has 0 fully saturated rings. The van der Waals surface area contributed by atoms with E-state index < -0.39 is 12.2 Å². The molecule has 0 aliphatic rings. The van der Waals surface area contributed by atoms with Gasteiger partial charge in [-0.3, -0.25) is 4.79 Å². The highest BCUT2D eigenvalue weighted by Crippen LogP contribution is 2.38. The van der Waals surface area contributed by atoms with Crippen molar-refractivity contribution in [1.29, 1.82) is 0 Å². The highest BCUT2D eigenvalue weighted by molar-refractivity contribution is 5.78. The molecule has 2 aromatic carbocycles. The SMILES string of the molecule is CCOC(=O)C(c1ncc(-c2ccc(-c3ccc(-c4cnc(C(C(O)OCC)C(C)(C)C)[nH]4)cc3)cc2)[nH]1)C(C)(C)C. The van der Waals surface area contributed by atoms with E-state index in [-0.39, 0.29) is 22.7 Å². The predicted octanol–water partition coefficient (Wildman–Crippen LogP) is 7.31. The average molecular weight is 573 g/mol. The number of H-pyrrole nitrogens is 2. The number of nitrogens with zero attached hydrogens (tertiary/aromatic N) is 2. The number of hydrogen-bond acceptors (Lipinski definition) is 6. The number of imidazole rings is 2. The van der Waals surface area contributed by atoms with Crippen molar-refractivity contribution in [3.8, 4) is 33.6 Å². The van der Waals surface area contributed by atoms with E-state index in [4.69, 9.17) is 9.47 Å². The van der Waals surface area contributed by atoms with Crippen molar-refractivity contribution < 1.29 is 19.4 Å². The van der Waals surface area contributed by atoms with E-state index in [1.165, 1.54) is 0 Å². The molecule has 4 aromatic rings. The maximum absolute atomic E-state index is 12.7. The van der Waals surface area contributed by atoms with Gasteiger partial charge in [-0.25, -0.2) is 9.97 Å². The molecule has 3 atom stereocenters. The molecule has 0 spiro atoms. The minimum absolute atomic E-state index is 0.243. The highest BCUT2D eigenvalue weighted by Gasteiger charge is 2.37. The monoisotopic (exact) mass is 572 g/mol. The topological polar surface area (TPSA) is 113 Å². The van der Waals surface area contributed by atoms with Crippen molar-refractivity contribution in [1.82, 2.24) is 19.9 Å². The molecule has 0 saturated heterocycles. The van der Waals surface area contributed by atoms with Crippen LogP contribution in [0.15, 0.2) is 60.9 Å². The Morgan fingerprint density at radius 3 is 1.62 bits per heavy atom. The number of nitrogens with one attached hydrogen (secondary N) is 2. The summed E-state index contributed by atoms with van der Waals surface area (Å²) in [5.74, 6) is 0.270. The van der Waals surface area contributed by atoms with Gasteiger partial charge in [0.1, 0.15) is 17.6 Å². The average Bonchev–Trinajstić information content (AvgIpc) is 3.58. The zero-order valence-electron chi connectivity index (χ0n) is 26.0. The first kappa shape index (κ1) is 31.2. The molecule has 2 heterocycles. The van der Waals surface area contributed by atoms with Crippen molar-refractivity contribution in [3.05, 3.63) is 72.6 Å². The molecule has 224 valence electrons. The quantitative estimate of drug-likeness (QED) is 0.136. The van der Waals surface area contributed by atoms with Crippen LogP contribution in [-0.2, 0) is 14.3 Å². The van der Waals surface area contributed by atoms with E-state index in [1.54, 1.807) is 12.4 Å². The molecule has 42 heavy (non-hydrogen) atoms. The maximum atomic E-state index is 12.7. The van der Waals surface area contributed by atoms with Gasteiger partial charge < -0.3 is 24.5 Å². The second-order valence-corrected chi connectivity index (χ2v) is 12.8. The number of carbonyl (C=O) groups is 1. The second-order valence-electron chi connectivity index (χ2n) is 12.8. The van der Waals surface area contributed by atoms with Gasteiger partial charge in [-0.1, -0.05) is 90.1 Å². The van der Waals surface area contributed by atoms with Gasteiger partial charge in [0, 0.05) is 6.61 Å². The van der Waals surface area contributed by atoms with Gasteiger partial charge in [-0.2, -0.15) is 0 Å². The van der Waals surface area contributed by atoms with Crippen LogP contribution in [0.2, 0.25) is 0 Å². The fourth-order valence-electron chi connectivity index (χ4n) is 5.30. The van der Waals surface area contributed by atoms with Crippen LogP contribution in [0.5, 0.6) is 0 Å². The molecule has 8 heteroatoms. The lowest BCUT2D eigenvalue weighted by Gasteiger charge is -2.32. The normalized spacial score (nSPS) is 14.4. The summed E-state index contributed by atoms with van der Waals surface area (Å²) < 4.78 is 10.8. The van der Waals surface area contributed by atoms with Gasteiger partial charge in [-0.15, -0.1) is 0 Å². The van der Waals surface area contributed by atoms with Crippen molar-refractivity contribution >= 4 is 5.97 Å². The Bertz CT molecular complexity index is 1460. The van der Waals surface area contributed by atoms with Gasteiger partial charge in [0.25, 0.3) is 0 Å². The van der Waals surface area contributed by atoms with Gasteiger partial charge >= 0.3 is 5.97 Å². The molecule has 0 bridgehead atoms. The number of rotatable bonds is 10. The molecular formula is C34H44N4O4. The van der Waals surface area contributed by atoms with E-state index in [1.807, 2.05) is 34.6 Å². The number of hydrogen-bond donors (Lipinski definition) is 3. The third-order valence-corrected chi connectivity index (χ3v) is 7.43. The molecule has 3 N–H and O–H groups in total. The van der Waals surface area contributed by atoms with Crippen LogP contribution in [0.4, 0.5) is 0 Å². The Morgan fingerprint density at radius 1 is 0.738 bits per heavy atom. The first-order valence-corrected chi connectivity index (χ1v) is 14.6. The van der Waals surface area contributed by atoms with Gasteiger partial charge in [-0.05, 0) is 46.9 Å². The molecule has 0 aliphatic heterocycles. The number of ether oxygens (including phenoxy) is 2. The molecule has 0 aliphatic carbocycles. The smallest absolute Gasteiger partial charge is 0.317 e. The number of aromatic nitrogens is 4. The van der Waals surface area contributed by atoms with Gasteiger partial charge in [0.05, 0.1) is 36.3 Å². The molecule has 8 nitrogen and oxygen atoms in total. The Kier molecular flexibility index (Phi) is 9.38. The van der Waals surface area contributed by atoms with E-state index in [9.17, 15) is 9.90 Å². The summed E-state index contributed by atoms with van der Waals surface area (Å²) >= 11 is 0. The van der Waals surface area contributed by atoms with E-state index in [0.29, 0.717) is 24.9 Å². The molecule has 4 rings (SSSR count). The van der Waals surface area contributed by atoms with Crippen molar-refractivity contribution in [3.63, 3.8) is 0 Å². The Labute approximate surface area is 248 Å². The minimum Gasteiger partial charge on any atom is -0.465 e. The predicted molar refractivity (Wildman–Crippen MR) is 166 cm³/mol. The van der Waals surface area contributed by atoms with Crippen LogP contribution in [0.25, 0.3) is 33.6 Å². The third kappa shape index (κ3) is 6.99. The minimum atomic E-state index is -0.940. The summed E-state index contributed by atoms with van der Waals surface area (Å²) in [7, 11) is 0. The second kappa shape index (κ2) is 12.6. The van der Waals surface area contributed by atoms with Gasteiger partial charge in [0.2, 0.25) is 0 Å². The zero-order valence-corrected chi connectivity index (χ0v) is 26.0. The Balaban J connectivity index is 1.51. The lowest BCUT2D eigenvalue weighted by Crippen LogP contribution is -2.33. The van der Waals surface area contributed by atoms with Crippen molar-refractivity contribution in [2.45, 2.75) is 73.5 Å². The molecule has 0 amide bonds. The molecule has 0 saturated carbocycles. The van der Waals surface area contributed by atoms with E-state index in [2.05, 4.69) is 89.2 Å². The number of carbonyl (C=O) groups excluding carboxylic acids is 1. The summed E-state index contributed by atoms with van der Waals surface area (Å²) in [5, 5.41) is 10.6. The van der Waals surface area contributed by atoms with Crippen molar-refractivity contribution in [2.75, 3.05) is 13.2 Å². The van der Waals surface area contributed by atoms with Crippen LogP contribution < -0.4 is 0 Å². The standard InChI is InChI=1S/C34H44N4O4/c1-9-41-31(39)27(33(3,4)5)29-35-19-25(37-29)23-15-11-21(12-16-23)22-13-17-24(18-14-22)26-20-36-30(38-26)28(34(6,7)8)32(40)42-10-2/h11-20,27-28,31,39H,9-10H2,1-8H3,(H,35,37)(H,36,38). The number of esters is 1. The summed E-state index contributed by atoms with van der Waals surface area (Å²) in [6, 6.07) is 16.6. The largest absolute Gasteiger partial charge is 0.465 e. The first-order valence-electron chi connectivity index (χ1n) is 14.6. The van der Waals surface area contributed by atoms with Crippen LogP contribution in [-0.4, -0.2) is 50.5 Å². The van der Waals surface area contributed by atoms with Gasteiger partial charge in [0.15, 0.2) is 6.29 Å². The van der Waals surface area contributed by atoms with Crippen molar-refractivity contribution in [2.24, 2.45) is 10.8 Å². The molecular weight excluding hydrogens is 528 g/mol. The number of aromatic amines is 2. The summed E-state index contributed by atoms with van der Waals surface area (Å²) in [4.78, 5) is 28.6. The molecule has 0 radical (unpaired) electrons. The van der Waals surface area contributed by atoms with Crippen LogP contribution in [0.3, 0.4) is 0 Å². The summed E-state index contributed by atoms with van der Waals surface area (Å²) in [5.41, 5.74) is 5.32. The summed E-state index contributed by atoms with van der Waals surface area (Å²) in [6.45, 7) is 16.7.